The molecule has 0 bridgehead atoms. The van der Waals surface area contributed by atoms with E-state index in [2.05, 4.69) is 5.32 Å². The molecule has 1 amide bonds. The Bertz CT molecular complexity index is 1030. The molecule has 2 fully saturated rings. The summed E-state index contributed by atoms with van der Waals surface area (Å²) in [6.07, 6.45) is -2.72. The van der Waals surface area contributed by atoms with Gasteiger partial charge in [0.1, 0.15) is 5.82 Å². The van der Waals surface area contributed by atoms with E-state index >= 15 is 0 Å². The number of carbonyl (C=O) groups is 1. The van der Waals surface area contributed by atoms with E-state index in [1.165, 1.54) is 12.1 Å². The van der Waals surface area contributed by atoms with Crippen molar-refractivity contribution in [2.24, 2.45) is 0 Å². The second-order valence-electron chi connectivity index (χ2n) is 10.1. The molecule has 2 aliphatic rings. The predicted molar refractivity (Wildman–Crippen MR) is 125 cm³/mol. The topological polar surface area (TPSA) is 52.6 Å². The first-order valence-corrected chi connectivity index (χ1v) is 12.2. The fraction of sp³-hybridized carbons (Fsp3) is 0.519. The maximum atomic E-state index is 13.8. The molecule has 2 aromatic rings. The fourth-order valence-electron chi connectivity index (χ4n) is 5.24. The van der Waals surface area contributed by atoms with Crippen LogP contribution in [0.25, 0.3) is 0 Å². The Kier molecular flexibility index (Phi) is 7.25. The Morgan fingerprint density at radius 1 is 1.09 bits per heavy atom. The molecular formula is C27H32F4N2O2. The molecule has 0 spiro atoms. The first kappa shape index (κ1) is 25.6. The van der Waals surface area contributed by atoms with E-state index in [1.54, 1.807) is 12.1 Å². The average Bonchev–Trinajstić information content (AvgIpc) is 2.77. The van der Waals surface area contributed by atoms with E-state index < -0.39 is 30.0 Å². The van der Waals surface area contributed by atoms with Crippen molar-refractivity contribution < 1.29 is 27.5 Å². The number of aryl methyl sites for hydroxylation is 1. The Hall–Kier alpha value is -2.45. The van der Waals surface area contributed by atoms with E-state index in [-0.39, 0.29) is 37.4 Å². The van der Waals surface area contributed by atoms with Crippen LogP contribution in [-0.2, 0) is 16.6 Å². The van der Waals surface area contributed by atoms with Crippen molar-refractivity contribution in [3.05, 3.63) is 71.0 Å². The molecule has 1 aliphatic carbocycles. The zero-order valence-corrected chi connectivity index (χ0v) is 19.9. The van der Waals surface area contributed by atoms with E-state index in [0.717, 1.165) is 30.4 Å². The first-order valence-electron chi connectivity index (χ1n) is 12.2. The van der Waals surface area contributed by atoms with Gasteiger partial charge in [-0.25, -0.2) is 4.39 Å². The van der Waals surface area contributed by atoms with Crippen LogP contribution < -0.4 is 5.32 Å². The normalized spacial score (nSPS) is 20.6. The number of hydrogen-bond donors (Lipinski definition) is 2. The summed E-state index contributed by atoms with van der Waals surface area (Å²) in [5.41, 5.74) is -0.491. The fourth-order valence-corrected chi connectivity index (χ4v) is 5.24. The van der Waals surface area contributed by atoms with Crippen LogP contribution in [-0.4, -0.2) is 53.4 Å². The Morgan fingerprint density at radius 3 is 2.29 bits per heavy atom. The molecule has 1 atom stereocenters. The number of likely N-dealkylation sites (tertiary alicyclic amines) is 1. The lowest BCUT2D eigenvalue weighted by Crippen LogP contribution is -2.58. The van der Waals surface area contributed by atoms with E-state index in [1.807, 2.05) is 36.1 Å². The number of amides is 1. The molecule has 1 aliphatic heterocycles. The minimum absolute atomic E-state index is 0.0367. The number of alkyl halides is 3. The smallest absolute Gasteiger partial charge is 0.380 e. The maximum Gasteiger partial charge on any atom is 0.417 e. The summed E-state index contributed by atoms with van der Waals surface area (Å²) in [4.78, 5) is 15.2. The van der Waals surface area contributed by atoms with Crippen molar-refractivity contribution in [3.8, 4) is 0 Å². The van der Waals surface area contributed by atoms with E-state index in [4.69, 9.17) is 0 Å². The second kappa shape index (κ2) is 9.90. The van der Waals surface area contributed by atoms with Crippen molar-refractivity contribution in [2.45, 2.75) is 68.7 Å². The third-order valence-electron chi connectivity index (χ3n) is 7.77. The molecule has 4 rings (SSSR count). The predicted octanol–water partition coefficient (Wildman–Crippen LogP) is 4.67. The average molecular weight is 493 g/mol. The molecule has 0 radical (unpaired) electrons. The van der Waals surface area contributed by atoms with Crippen LogP contribution in [0.1, 0.15) is 48.8 Å². The standard InChI is InChI=1S/C27H32F4N2O2/c1-19-6-8-21(9-7-19)25(10-3-11-25)24(34)32-18-23(17-20-4-2-5-22(28)16-20)33-14-12-26(35,13-15-33)27(29,30)31/h2,4-9,16,23,35H,3,10-15,17-18H2,1H3,(H,32,34)/t23-/m0/s1. The molecule has 1 saturated heterocycles. The van der Waals surface area contributed by atoms with Crippen LogP contribution in [0.3, 0.4) is 0 Å². The van der Waals surface area contributed by atoms with Gasteiger partial charge >= 0.3 is 6.18 Å². The van der Waals surface area contributed by atoms with Gasteiger partial charge in [0.2, 0.25) is 5.91 Å². The summed E-state index contributed by atoms with van der Waals surface area (Å²) in [5, 5.41) is 13.1. The maximum absolute atomic E-state index is 13.8. The number of aliphatic hydroxyl groups is 1. The summed E-state index contributed by atoms with van der Waals surface area (Å²) in [5.74, 6) is -0.469. The molecule has 2 N–H and O–H groups in total. The lowest BCUT2D eigenvalue weighted by Gasteiger charge is -2.44. The molecule has 190 valence electrons. The van der Waals surface area contributed by atoms with Crippen LogP contribution in [0.4, 0.5) is 17.6 Å². The van der Waals surface area contributed by atoms with Gasteiger partial charge in [0.05, 0.1) is 5.41 Å². The number of halogens is 4. The number of carbonyl (C=O) groups excluding carboxylic acids is 1. The molecule has 1 heterocycles. The molecule has 4 nitrogen and oxygen atoms in total. The van der Waals surface area contributed by atoms with Crippen molar-refractivity contribution in [3.63, 3.8) is 0 Å². The van der Waals surface area contributed by atoms with Crippen molar-refractivity contribution in [1.29, 1.82) is 0 Å². The number of rotatable bonds is 7. The lowest BCUT2D eigenvalue weighted by molar-refractivity contribution is -0.273. The zero-order chi connectivity index (χ0) is 25.3. The summed E-state index contributed by atoms with van der Waals surface area (Å²) in [7, 11) is 0. The lowest BCUT2D eigenvalue weighted by atomic mass is 9.63. The molecule has 1 saturated carbocycles. The summed E-state index contributed by atoms with van der Waals surface area (Å²) >= 11 is 0. The highest BCUT2D eigenvalue weighted by Gasteiger charge is 2.55. The van der Waals surface area contributed by atoms with Gasteiger partial charge < -0.3 is 10.4 Å². The Balaban J connectivity index is 1.48. The van der Waals surface area contributed by atoms with Gasteiger partial charge in [0.25, 0.3) is 0 Å². The van der Waals surface area contributed by atoms with Gasteiger partial charge in [-0.1, -0.05) is 48.4 Å². The van der Waals surface area contributed by atoms with Gasteiger partial charge in [-0.15, -0.1) is 0 Å². The summed E-state index contributed by atoms with van der Waals surface area (Å²) in [6, 6.07) is 13.7. The largest absolute Gasteiger partial charge is 0.417 e. The molecule has 8 heteroatoms. The first-order chi connectivity index (χ1) is 16.5. The molecule has 2 aromatic carbocycles. The Morgan fingerprint density at radius 2 is 1.74 bits per heavy atom. The zero-order valence-electron chi connectivity index (χ0n) is 19.9. The Labute approximate surface area is 203 Å². The van der Waals surface area contributed by atoms with Crippen molar-refractivity contribution in [1.82, 2.24) is 10.2 Å². The summed E-state index contributed by atoms with van der Waals surface area (Å²) < 4.78 is 53.7. The van der Waals surface area contributed by atoms with Crippen molar-refractivity contribution >= 4 is 5.91 Å². The minimum Gasteiger partial charge on any atom is -0.380 e. The molecule has 0 unspecified atom stereocenters. The monoisotopic (exact) mass is 492 g/mol. The number of nitrogens with zero attached hydrogens (tertiary/aromatic N) is 1. The number of nitrogens with one attached hydrogen (secondary N) is 1. The molecule has 0 aromatic heterocycles. The van der Waals surface area contributed by atoms with Gasteiger partial charge in [-0.2, -0.15) is 13.2 Å². The highest BCUT2D eigenvalue weighted by Crippen LogP contribution is 2.44. The SMILES string of the molecule is Cc1ccc(C2(C(=O)NC[C@H](Cc3cccc(F)c3)N3CCC(O)(C(F)(F)F)CC3)CCC2)cc1. The molecule has 35 heavy (non-hydrogen) atoms. The minimum atomic E-state index is -4.68. The third kappa shape index (κ3) is 5.38. The summed E-state index contributed by atoms with van der Waals surface area (Å²) in [6.45, 7) is 2.30. The number of benzene rings is 2. The third-order valence-corrected chi connectivity index (χ3v) is 7.77. The molecular weight excluding hydrogens is 460 g/mol. The second-order valence-corrected chi connectivity index (χ2v) is 10.1. The van der Waals surface area contributed by atoms with Crippen LogP contribution in [0.5, 0.6) is 0 Å². The highest BCUT2D eigenvalue weighted by atomic mass is 19.4. The van der Waals surface area contributed by atoms with Gasteiger partial charge in [-0.05, 0) is 62.3 Å². The van der Waals surface area contributed by atoms with Crippen LogP contribution in [0.2, 0.25) is 0 Å². The van der Waals surface area contributed by atoms with Gasteiger partial charge in [0, 0.05) is 25.7 Å². The van der Waals surface area contributed by atoms with Crippen LogP contribution in [0.15, 0.2) is 48.5 Å². The van der Waals surface area contributed by atoms with E-state index in [9.17, 15) is 27.5 Å². The van der Waals surface area contributed by atoms with Crippen molar-refractivity contribution in [2.75, 3.05) is 19.6 Å². The number of piperidine rings is 1. The quantitative estimate of drug-likeness (QED) is 0.553. The van der Waals surface area contributed by atoms with E-state index in [0.29, 0.717) is 12.0 Å². The van der Waals surface area contributed by atoms with Gasteiger partial charge in [0.15, 0.2) is 5.60 Å². The highest BCUT2D eigenvalue weighted by molar-refractivity contribution is 5.89. The number of hydrogen-bond acceptors (Lipinski definition) is 3. The van der Waals surface area contributed by atoms with Crippen LogP contribution >= 0.6 is 0 Å². The van der Waals surface area contributed by atoms with Gasteiger partial charge in [-0.3, -0.25) is 9.69 Å². The van der Waals surface area contributed by atoms with Crippen LogP contribution in [0, 0.1) is 12.7 Å².